The van der Waals surface area contributed by atoms with E-state index in [1.165, 1.54) is 5.69 Å². The van der Waals surface area contributed by atoms with Gasteiger partial charge in [0, 0.05) is 37.9 Å². The van der Waals surface area contributed by atoms with Crippen LogP contribution in [0.4, 0.5) is 0 Å². The Morgan fingerprint density at radius 2 is 2.19 bits per heavy atom. The number of aryl methyl sites for hydroxylation is 1. The molecule has 1 aromatic rings. The fourth-order valence-corrected chi connectivity index (χ4v) is 1.83. The lowest BCUT2D eigenvalue weighted by Crippen LogP contribution is -2.34. The smallest absolute Gasteiger partial charge is 0.0492 e. The first-order valence-corrected chi connectivity index (χ1v) is 6.06. The molecule has 0 aromatic carbocycles. The quantitative estimate of drug-likeness (QED) is 0.752. The summed E-state index contributed by atoms with van der Waals surface area (Å²) in [6.07, 6.45) is 3.98. The van der Waals surface area contributed by atoms with E-state index in [2.05, 4.69) is 29.9 Å². The van der Waals surface area contributed by atoms with Crippen molar-refractivity contribution in [3.8, 4) is 0 Å². The third-order valence-corrected chi connectivity index (χ3v) is 2.96. The Morgan fingerprint density at radius 3 is 2.69 bits per heavy atom. The summed E-state index contributed by atoms with van der Waals surface area (Å²) < 4.78 is 1.95. The van der Waals surface area contributed by atoms with Gasteiger partial charge in [0.15, 0.2) is 0 Å². The third kappa shape index (κ3) is 3.94. The second-order valence-electron chi connectivity index (χ2n) is 4.47. The minimum atomic E-state index is 0.583. The molecule has 0 spiro atoms. The van der Waals surface area contributed by atoms with Crippen molar-refractivity contribution in [1.82, 2.24) is 14.7 Å². The van der Waals surface area contributed by atoms with Crippen LogP contribution in [0.3, 0.4) is 0 Å². The Morgan fingerprint density at radius 1 is 1.44 bits per heavy atom. The first-order chi connectivity index (χ1) is 7.65. The van der Waals surface area contributed by atoms with Crippen molar-refractivity contribution in [3.63, 3.8) is 0 Å². The summed E-state index contributed by atoms with van der Waals surface area (Å²) in [6.45, 7) is 7.41. The Bertz CT molecular complexity index is 293. The third-order valence-electron chi connectivity index (χ3n) is 2.96. The van der Waals surface area contributed by atoms with Gasteiger partial charge in [-0.05, 0) is 39.4 Å². The molecule has 0 aliphatic rings. The minimum Gasteiger partial charge on any atom is -0.330 e. The van der Waals surface area contributed by atoms with Crippen LogP contribution in [0.15, 0.2) is 12.3 Å². The molecule has 0 saturated carbocycles. The second kappa shape index (κ2) is 6.66. The molecule has 0 aliphatic heterocycles. The normalized spacial score (nSPS) is 11.6. The van der Waals surface area contributed by atoms with E-state index in [9.17, 15) is 0 Å². The van der Waals surface area contributed by atoms with Crippen LogP contribution in [0.1, 0.15) is 26.0 Å². The average molecular weight is 224 g/mol. The van der Waals surface area contributed by atoms with E-state index in [0.29, 0.717) is 6.04 Å². The molecule has 4 nitrogen and oxygen atoms in total. The zero-order valence-electron chi connectivity index (χ0n) is 10.7. The molecular weight excluding hydrogens is 200 g/mol. The molecule has 16 heavy (non-hydrogen) atoms. The molecule has 1 aromatic heterocycles. The van der Waals surface area contributed by atoms with E-state index in [1.54, 1.807) is 0 Å². The van der Waals surface area contributed by atoms with Gasteiger partial charge in [0.25, 0.3) is 0 Å². The van der Waals surface area contributed by atoms with Crippen LogP contribution in [-0.2, 0) is 13.5 Å². The predicted molar refractivity (Wildman–Crippen MR) is 67.3 cm³/mol. The molecule has 0 fully saturated rings. The fourth-order valence-electron chi connectivity index (χ4n) is 1.83. The van der Waals surface area contributed by atoms with Gasteiger partial charge in [-0.2, -0.15) is 5.10 Å². The number of hydrogen-bond acceptors (Lipinski definition) is 3. The van der Waals surface area contributed by atoms with Crippen molar-refractivity contribution in [2.45, 2.75) is 32.7 Å². The highest BCUT2D eigenvalue weighted by Gasteiger charge is 2.09. The van der Waals surface area contributed by atoms with E-state index in [1.807, 2.05) is 17.9 Å². The Labute approximate surface area is 98.4 Å². The number of aromatic nitrogens is 2. The van der Waals surface area contributed by atoms with Crippen LogP contribution in [0.2, 0.25) is 0 Å². The van der Waals surface area contributed by atoms with E-state index in [0.717, 1.165) is 32.5 Å². The van der Waals surface area contributed by atoms with Crippen molar-refractivity contribution in [2.24, 2.45) is 12.8 Å². The lowest BCUT2D eigenvalue weighted by molar-refractivity contribution is 0.221. The zero-order chi connectivity index (χ0) is 12.0. The van der Waals surface area contributed by atoms with Gasteiger partial charge in [-0.25, -0.2) is 0 Å². The second-order valence-corrected chi connectivity index (χ2v) is 4.47. The summed E-state index contributed by atoms with van der Waals surface area (Å²) in [5, 5.41) is 4.18. The SMILES string of the molecule is CC(C)N(CCCN)CCc1ccnn1C. The summed E-state index contributed by atoms with van der Waals surface area (Å²) in [5.74, 6) is 0. The van der Waals surface area contributed by atoms with E-state index < -0.39 is 0 Å². The molecule has 1 rings (SSSR count). The van der Waals surface area contributed by atoms with Crippen LogP contribution in [0.5, 0.6) is 0 Å². The minimum absolute atomic E-state index is 0.583. The Kier molecular flexibility index (Phi) is 5.49. The highest BCUT2D eigenvalue weighted by molar-refractivity contribution is 5.00. The van der Waals surface area contributed by atoms with Gasteiger partial charge in [0.05, 0.1) is 0 Å². The Hall–Kier alpha value is -0.870. The van der Waals surface area contributed by atoms with E-state index in [4.69, 9.17) is 5.73 Å². The molecule has 0 amide bonds. The molecule has 92 valence electrons. The van der Waals surface area contributed by atoms with Crippen molar-refractivity contribution in [1.29, 1.82) is 0 Å². The van der Waals surface area contributed by atoms with Crippen LogP contribution < -0.4 is 5.73 Å². The summed E-state index contributed by atoms with van der Waals surface area (Å²) in [5.41, 5.74) is 6.84. The van der Waals surface area contributed by atoms with Crippen molar-refractivity contribution in [2.75, 3.05) is 19.6 Å². The number of nitrogens with zero attached hydrogens (tertiary/aromatic N) is 3. The molecule has 0 atom stereocenters. The van der Waals surface area contributed by atoms with Crippen LogP contribution >= 0.6 is 0 Å². The number of rotatable bonds is 7. The first-order valence-electron chi connectivity index (χ1n) is 6.06. The zero-order valence-corrected chi connectivity index (χ0v) is 10.7. The van der Waals surface area contributed by atoms with E-state index in [-0.39, 0.29) is 0 Å². The van der Waals surface area contributed by atoms with Gasteiger partial charge in [-0.3, -0.25) is 4.68 Å². The lowest BCUT2D eigenvalue weighted by Gasteiger charge is -2.26. The topological polar surface area (TPSA) is 47.1 Å². The molecule has 2 N–H and O–H groups in total. The predicted octanol–water partition coefficient (Wildman–Crippen LogP) is 1.02. The molecule has 0 aliphatic carbocycles. The molecule has 0 unspecified atom stereocenters. The first kappa shape index (κ1) is 13.2. The fraction of sp³-hybridized carbons (Fsp3) is 0.750. The van der Waals surface area contributed by atoms with E-state index >= 15 is 0 Å². The van der Waals surface area contributed by atoms with Crippen molar-refractivity contribution < 1.29 is 0 Å². The van der Waals surface area contributed by atoms with Gasteiger partial charge in [0.1, 0.15) is 0 Å². The van der Waals surface area contributed by atoms with Gasteiger partial charge >= 0.3 is 0 Å². The molecule has 0 saturated heterocycles. The lowest BCUT2D eigenvalue weighted by atomic mass is 10.2. The number of hydrogen-bond donors (Lipinski definition) is 1. The maximum absolute atomic E-state index is 5.55. The van der Waals surface area contributed by atoms with Gasteiger partial charge in [-0.1, -0.05) is 0 Å². The van der Waals surface area contributed by atoms with Gasteiger partial charge < -0.3 is 10.6 Å². The van der Waals surface area contributed by atoms with Crippen LogP contribution in [0, 0.1) is 0 Å². The largest absolute Gasteiger partial charge is 0.330 e. The van der Waals surface area contributed by atoms with Gasteiger partial charge in [0.2, 0.25) is 0 Å². The standard InChI is InChI=1S/C12H24N4/c1-11(2)16(9-4-7-13)10-6-12-5-8-14-15(12)3/h5,8,11H,4,6-7,9-10,13H2,1-3H3. The molecular formula is C12H24N4. The molecule has 0 bridgehead atoms. The molecule has 0 radical (unpaired) electrons. The van der Waals surface area contributed by atoms with Crippen molar-refractivity contribution >= 4 is 0 Å². The molecule has 4 heteroatoms. The maximum Gasteiger partial charge on any atom is 0.0492 e. The monoisotopic (exact) mass is 224 g/mol. The van der Waals surface area contributed by atoms with Crippen molar-refractivity contribution in [3.05, 3.63) is 18.0 Å². The summed E-state index contributed by atoms with van der Waals surface area (Å²) >= 11 is 0. The van der Waals surface area contributed by atoms with Crippen LogP contribution in [0.25, 0.3) is 0 Å². The maximum atomic E-state index is 5.55. The van der Waals surface area contributed by atoms with Crippen LogP contribution in [-0.4, -0.2) is 40.4 Å². The summed E-state index contributed by atoms with van der Waals surface area (Å²) in [6, 6.07) is 2.67. The molecule has 1 heterocycles. The highest BCUT2D eigenvalue weighted by atomic mass is 15.3. The highest BCUT2D eigenvalue weighted by Crippen LogP contribution is 2.04. The summed E-state index contributed by atoms with van der Waals surface area (Å²) in [4.78, 5) is 2.47. The Balaban J connectivity index is 2.40. The average Bonchev–Trinajstić information content (AvgIpc) is 2.64. The number of nitrogens with two attached hydrogens (primary N) is 1. The van der Waals surface area contributed by atoms with Gasteiger partial charge in [-0.15, -0.1) is 0 Å². The summed E-state index contributed by atoms with van der Waals surface area (Å²) in [7, 11) is 1.99.